The van der Waals surface area contributed by atoms with Gasteiger partial charge in [-0.3, -0.25) is 4.72 Å². The van der Waals surface area contributed by atoms with Gasteiger partial charge in [-0.05, 0) is 46.8 Å². The molecule has 1 aliphatic rings. The molecule has 0 bridgehead atoms. The Morgan fingerprint density at radius 3 is 2.55 bits per heavy atom. The number of methoxy groups -OCH3 is 1. The van der Waals surface area contributed by atoms with Crippen molar-refractivity contribution in [3.8, 4) is 22.6 Å². The van der Waals surface area contributed by atoms with Crippen molar-refractivity contribution in [2.75, 3.05) is 11.8 Å². The molecule has 7 heteroatoms. The van der Waals surface area contributed by atoms with Gasteiger partial charge in [0.1, 0.15) is 21.8 Å². The number of benzene rings is 3. The highest BCUT2D eigenvalue weighted by Gasteiger charge is 2.30. The number of hydrogen-bond donors (Lipinski definition) is 1. The van der Waals surface area contributed by atoms with Gasteiger partial charge in [0.05, 0.1) is 12.7 Å². The second-order valence-corrected chi connectivity index (χ2v) is 9.94. The highest BCUT2D eigenvalue weighted by atomic mass is 32.2. The lowest BCUT2D eigenvalue weighted by Gasteiger charge is -2.30. The lowest BCUT2D eigenvalue weighted by atomic mass is 9.89. The standard InChI is InChI=1S/C24H19NO4S2/c1-28-20-9-5-10-21-23(20)18-13-12-17(25-31(26,27)22-11-6-14-30-22)15-19(18)24(29-21)16-7-3-2-4-8-16/h2-15,24-25H,1H3. The van der Waals surface area contributed by atoms with Gasteiger partial charge in [-0.15, -0.1) is 11.3 Å². The summed E-state index contributed by atoms with van der Waals surface area (Å²) in [5.41, 5.74) is 4.14. The molecule has 2 heterocycles. The Balaban J connectivity index is 1.65. The van der Waals surface area contributed by atoms with Gasteiger partial charge >= 0.3 is 0 Å². The summed E-state index contributed by atoms with van der Waals surface area (Å²) in [6, 6.07) is 24.4. The number of thiophene rings is 1. The summed E-state index contributed by atoms with van der Waals surface area (Å²) < 4.78 is 40.4. The van der Waals surface area contributed by atoms with Crippen molar-refractivity contribution in [3.05, 3.63) is 95.4 Å². The largest absolute Gasteiger partial charge is 0.496 e. The minimum atomic E-state index is -3.65. The summed E-state index contributed by atoms with van der Waals surface area (Å²) in [6.45, 7) is 0. The molecule has 5 rings (SSSR count). The van der Waals surface area contributed by atoms with Gasteiger partial charge in [-0.1, -0.05) is 48.5 Å². The maximum atomic E-state index is 12.7. The van der Waals surface area contributed by atoms with Gasteiger partial charge in [0, 0.05) is 11.3 Å². The van der Waals surface area contributed by atoms with E-state index >= 15 is 0 Å². The van der Waals surface area contributed by atoms with Crippen LogP contribution in [-0.4, -0.2) is 15.5 Å². The van der Waals surface area contributed by atoms with Crippen molar-refractivity contribution in [2.45, 2.75) is 10.3 Å². The molecule has 0 saturated carbocycles. The quantitative estimate of drug-likeness (QED) is 0.424. The molecule has 4 aromatic rings. The van der Waals surface area contributed by atoms with E-state index in [0.717, 1.165) is 28.0 Å². The van der Waals surface area contributed by atoms with Crippen LogP contribution < -0.4 is 14.2 Å². The summed E-state index contributed by atoms with van der Waals surface area (Å²) in [5, 5.41) is 1.74. The Morgan fingerprint density at radius 2 is 1.81 bits per heavy atom. The Morgan fingerprint density at radius 1 is 0.968 bits per heavy atom. The second-order valence-electron chi connectivity index (χ2n) is 7.08. The smallest absolute Gasteiger partial charge is 0.271 e. The Bertz CT molecular complexity index is 1330. The van der Waals surface area contributed by atoms with Crippen molar-refractivity contribution >= 4 is 27.0 Å². The first-order valence-corrected chi connectivity index (χ1v) is 12.0. The minimum absolute atomic E-state index is 0.271. The third kappa shape index (κ3) is 3.56. The molecule has 156 valence electrons. The van der Waals surface area contributed by atoms with Crippen molar-refractivity contribution in [3.63, 3.8) is 0 Å². The van der Waals surface area contributed by atoms with Gasteiger partial charge < -0.3 is 9.47 Å². The van der Waals surface area contributed by atoms with E-state index in [0.29, 0.717) is 11.4 Å². The minimum Gasteiger partial charge on any atom is -0.496 e. The molecule has 31 heavy (non-hydrogen) atoms. The number of ether oxygens (including phenoxy) is 2. The van der Waals surface area contributed by atoms with E-state index in [1.807, 2.05) is 60.7 Å². The predicted molar refractivity (Wildman–Crippen MR) is 122 cm³/mol. The summed E-state index contributed by atoms with van der Waals surface area (Å²) >= 11 is 1.18. The van der Waals surface area contributed by atoms with Crippen molar-refractivity contribution in [1.82, 2.24) is 0 Å². The monoisotopic (exact) mass is 449 g/mol. The molecule has 1 N–H and O–H groups in total. The van der Waals surface area contributed by atoms with Crippen LogP contribution in [0, 0.1) is 0 Å². The van der Waals surface area contributed by atoms with Gasteiger partial charge in [-0.2, -0.15) is 0 Å². The molecule has 0 spiro atoms. The van der Waals surface area contributed by atoms with Crippen LogP contribution in [0.1, 0.15) is 17.2 Å². The van der Waals surface area contributed by atoms with Crippen LogP contribution in [0.25, 0.3) is 11.1 Å². The highest BCUT2D eigenvalue weighted by Crippen LogP contribution is 2.49. The van der Waals surface area contributed by atoms with Gasteiger partial charge in [-0.25, -0.2) is 8.42 Å². The second kappa shape index (κ2) is 7.76. The van der Waals surface area contributed by atoms with Gasteiger partial charge in [0.15, 0.2) is 0 Å². The lowest BCUT2D eigenvalue weighted by Crippen LogP contribution is -2.17. The zero-order valence-corrected chi connectivity index (χ0v) is 18.2. The third-order valence-electron chi connectivity index (χ3n) is 5.17. The molecule has 1 aromatic heterocycles. The molecule has 0 amide bonds. The molecule has 0 radical (unpaired) electrons. The summed E-state index contributed by atoms with van der Waals surface area (Å²) in [4.78, 5) is 0. The molecule has 1 aliphatic heterocycles. The fourth-order valence-electron chi connectivity index (χ4n) is 3.80. The molecule has 5 nitrogen and oxygen atoms in total. The number of rotatable bonds is 5. The molecule has 1 unspecified atom stereocenters. The van der Waals surface area contributed by atoms with Crippen LogP contribution in [-0.2, 0) is 10.0 Å². The third-order valence-corrected chi connectivity index (χ3v) is 7.95. The van der Waals surface area contributed by atoms with Crippen LogP contribution >= 0.6 is 11.3 Å². The van der Waals surface area contributed by atoms with E-state index in [2.05, 4.69) is 4.72 Å². The van der Waals surface area contributed by atoms with Crippen molar-refractivity contribution in [1.29, 1.82) is 0 Å². The maximum Gasteiger partial charge on any atom is 0.271 e. The summed E-state index contributed by atoms with van der Waals surface area (Å²) in [5.74, 6) is 1.43. The van der Waals surface area contributed by atoms with E-state index in [9.17, 15) is 8.42 Å². The van der Waals surface area contributed by atoms with Crippen LogP contribution in [0.2, 0.25) is 0 Å². The van der Waals surface area contributed by atoms with Crippen molar-refractivity contribution < 1.29 is 17.9 Å². The van der Waals surface area contributed by atoms with Crippen LogP contribution in [0.15, 0.2) is 88.5 Å². The normalized spacial score (nSPS) is 14.8. The Kier molecular flexibility index (Phi) is 4.92. The van der Waals surface area contributed by atoms with E-state index in [4.69, 9.17) is 9.47 Å². The summed E-state index contributed by atoms with van der Waals surface area (Å²) in [6.07, 6.45) is -0.373. The Hall–Kier alpha value is -3.29. The average Bonchev–Trinajstić information content (AvgIpc) is 3.34. The van der Waals surface area contributed by atoms with Crippen molar-refractivity contribution in [2.24, 2.45) is 0 Å². The number of anilines is 1. The van der Waals surface area contributed by atoms with Crippen LogP contribution in [0.5, 0.6) is 11.5 Å². The van der Waals surface area contributed by atoms with Crippen LogP contribution in [0.3, 0.4) is 0 Å². The molecule has 3 aromatic carbocycles. The van der Waals surface area contributed by atoms with E-state index in [-0.39, 0.29) is 10.3 Å². The first kappa shape index (κ1) is 19.7. The summed E-state index contributed by atoms with van der Waals surface area (Å²) in [7, 11) is -2.02. The first-order chi connectivity index (χ1) is 15.1. The highest BCUT2D eigenvalue weighted by molar-refractivity contribution is 7.94. The molecular weight excluding hydrogens is 430 g/mol. The SMILES string of the molecule is COc1cccc2c1-c1ccc(NS(=O)(=O)c3cccs3)cc1C(c1ccccc1)O2. The maximum absolute atomic E-state index is 12.7. The van der Waals surface area contributed by atoms with E-state index < -0.39 is 10.0 Å². The molecule has 0 fully saturated rings. The van der Waals surface area contributed by atoms with E-state index in [1.165, 1.54) is 11.3 Å². The Labute approximate surface area is 185 Å². The average molecular weight is 450 g/mol. The number of nitrogens with one attached hydrogen (secondary N) is 1. The molecule has 1 atom stereocenters. The van der Waals surface area contributed by atoms with Gasteiger partial charge in [0.2, 0.25) is 0 Å². The lowest BCUT2D eigenvalue weighted by molar-refractivity contribution is 0.242. The molecular formula is C24H19NO4S2. The fraction of sp³-hybridized carbons (Fsp3) is 0.0833. The molecule has 0 aliphatic carbocycles. The molecule has 0 saturated heterocycles. The number of sulfonamides is 1. The fourth-order valence-corrected chi connectivity index (χ4v) is 5.85. The number of hydrogen-bond acceptors (Lipinski definition) is 5. The zero-order chi connectivity index (χ0) is 21.4. The van der Waals surface area contributed by atoms with E-state index in [1.54, 1.807) is 30.7 Å². The predicted octanol–water partition coefficient (Wildman–Crippen LogP) is 5.71. The zero-order valence-electron chi connectivity index (χ0n) is 16.6. The van der Waals surface area contributed by atoms with Crippen LogP contribution in [0.4, 0.5) is 5.69 Å². The van der Waals surface area contributed by atoms with Gasteiger partial charge in [0.25, 0.3) is 10.0 Å². The topological polar surface area (TPSA) is 64.6 Å². The number of fused-ring (bicyclic) bond motifs is 3. The first-order valence-electron chi connectivity index (χ1n) is 9.66.